The molecule has 0 fully saturated rings. The van der Waals surface area contributed by atoms with Gasteiger partial charge in [-0.1, -0.05) is 18.2 Å². The van der Waals surface area contributed by atoms with Crippen molar-refractivity contribution in [3.05, 3.63) is 29.8 Å². The van der Waals surface area contributed by atoms with Gasteiger partial charge >= 0.3 is 0 Å². The Morgan fingerprint density at radius 3 is 3.12 bits per heavy atom. The zero-order valence-electron chi connectivity index (χ0n) is 10.2. The van der Waals surface area contributed by atoms with Gasteiger partial charge in [-0.25, -0.2) is 0 Å². The molecule has 3 heteroatoms. The SMILES string of the molecule is CC(C#N)OCCN1CCCc2ccccc21. The number of ether oxygens (including phenoxy) is 1. The van der Waals surface area contributed by atoms with E-state index < -0.39 is 0 Å². The second kappa shape index (κ2) is 5.70. The van der Waals surface area contributed by atoms with Gasteiger partial charge in [-0.3, -0.25) is 0 Å². The van der Waals surface area contributed by atoms with E-state index in [1.165, 1.54) is 24.1 Å². The molecular weight excluding hydrogens is 212 g/mol. The van der Waals surface area contributed by atoms with Gasteiger partial charge in [0, 0.05) is 18.8 Å². The van der Waals surface area contributed by atoms with Crippen LogP contribution >= 0.6 is 0 Å². The molecule has 1 heterocycles. The highest BCUT2D eigenvalue weighted by molar-refractivity contribution is 5.55. The van der Waals surface area contributed by atoms with Crippen molar-refractivity contribution < 1.29 is 4.74 Å². The third-order valence-electron chi connectivity index (χ3n) is 3.12. The van der Waals surface area contributed by atoms with Crippen molar-refractivity contribution in [1.82, 2.24) is 0 Å². The van der Waals surface area contributed by atoms with Crippen LogP contribution in [-0.2, 0) is 11.2 Å². The zero-order valence-corrected chi connectivity index (χ0v) is 10.2. The summed E-state index contributed by atoms with van der Waals surface area (Å²) in [5.41, 5.74) is 2.75. The predicted molar refractivity (Wildman–Crippen MR) is 68.0 cm³/mol. The molecule has 0 bridgehead atoms. The Bertz CT molecular complexity index is 411. The Labute approximate surface area is 103 Å². The minimum Gasteiger partial charge on any atom is -0.369 e. The molecule has 90 valence electrons. The largest absolute Gasteiger partial charge is 0.369 e. The van der Waals surface area contributed by atoms with Crippen molar-refractivity contribution >= 4 is 5.69 Å². The number of para-hydroxylation sites is 1. The summed E-state index contributed by atoms with van der Waals surface area (Å²) < 4.78 is 5.41. The molecule has 2 rings (SSSR count). The van der Waals surface area contributed by atoms with E-state index in [2.05, 4.69) is 35.2 Å². The third-order valence-corrected chi connectivity index (χ3v) is 3.12. The Hall–Kier alpha value is -1.53. The number of aryl methyl sites for hydroxylation is 1. The van der Waals surface area contributed by atoms with E-state index in [0.29, 0.717) is 6.61 Å². The smallest absolute Gasteiger partial charge is 0.141 e. The molecule has 17 heavy (non-hydrogen) atoms. The maximum absolute atomic E-state index is 8.64. The Morgan fingerprint density at radius 2 is 2.29 bits per heavy atom. The molecule has 1 aliphatic heterocycles. The fourth-order valence-corrected chi connectivity index (χ4v) is 2.22. The second-order valence-electron chi connectivity index (χ2n) is 4.36. The van der Waals surface area contributed by atoms with Gasteiger partial charge in [-0.05, 0) is 31.4 Å². The Morgan fingerprint density at radius 1 is 1.47 bits per heavy atom. The highest BCUT2D eigenvalue weighted by Crippen LogP contribution is 2.26. The maximum atomic E-state index is 8.64. The third kappa shape index (κ3) is 2.98. The molecule has 1 aliphatic rings. The zero-order chi connectivity index (χ0) is 12.1. The summed E-state index contributed by atoms with van der Waals surface area (Å²) in [5, 5.41) is 8.64. The lowest BCUT2D eigenvalue weighted by atomic mass is 10.0. The standard InChI is InChI=1S/C14H18N2O/c1-12(11-15)17-10-9-16-8-4-6-13-5-2-3-7-14(13)16/h2-3,5,7,12H,4,6,8-10H2,1H3. The van der Waals surface area contributed by atoms with E-state index in [1.807, 2.05) is 0 Å². The molecule has 0 radical (unpaired) electrons. The Kier molecular flexibility index (Phi) is 4.00. The average Bonchev–Trinajstić information content (AvgIpc) is 2.39. The van der Waals surface area contributed by atoms with Crippen LogP contribution in [0.4, 0.5) is 5.69 Å². The summed E-state index contributed by atoms with van der Waals surface area (Å²) in [7, 11) is 0. The lowest BCUT2D eigenvalue weighted by Gasteiger charge is -2.31. The normalized spacial score (nSPS) is 16.1. The van der Waals surface area contributed by atoms with Crippen LogP contribution in [0.2, 0.25) is 0 Å². The van der Waals surface area contributed by atoms with E-state index in [0.717, 1.165) is 13.1 Å². The molecule has 0 saturated heterocycles. The summed E-state index contributed by atoms with van der Waals surface area (Å²) >= 11 is 0. The maximum Gasteiger partial charge on any atom is 0.141 e. The second-order valence-corrected chi connectivity index (χ2v) is 4.36. The Balaban J connectivity index is 1.93. The van der Waals surface area contributed by atoms with Crippen LogP contribution in [0.3, 0.4) is 0 Å². The minimum atomic E-state index is -0.310. The molecule has 3 nitrogen and oxygen atoms in total. The highest BCUT2D eigenvalue weighted by atomic mass is 16.5. The number of fused-ring (bicyclic) bond motifs is 1. The average molecular weight is 230 g/mol. The number of hydrogen-bond acceptors (Lipinski definition) is 3. The monoisotopic (exact) mass is 230 g/mol. The van der Waals surface area contributed by atoms with Crippen LogP contribution in [0.5, 0.6) is 0 Å². The number of rotatable bonds is 4. The number of benzene rings is 1. The van der Waals surface area contributed by atoms with Gasteiger partial charge in [0.05, 0.1) is 12.7 Å². The van der Waals surface area contributed by atoms with E-state index in [-0.39, 0.29) is 6.10 Å². The van der Waals surface area contributed by atoms with Crippen molar-refractivity contribution in [1.29, 1.82) is 5.26 Å². The first-order valence-corrected chi connectivity index (χ1v) is 6.15. The van der Waals surface area contributed by atoms with Gasteiger partial charge in [0.1, 0.15) is 6.10 Å². The first-order chi connectivity index (χ1) is 8.31. The first-order valence-electron chi connectivity index (χ1n) is 6.15. The van der Waals surface area contributed by atoms with Crippen LogP contribution < -0.4 is 4.90 Å². The summed E-state index contributed by atoms with van der Waals surface area (Å²) in [6, 6.07) is 10.6. The van der Waals surface area contributed by atoms with E-state index >= 15 is 0 Å². The molecule has 0 aromatic heterocycles. The molecule has 0 amide bonds. The first kappa shape index (κ1) is 11.9. The van der Waals surface area contributed by atoms with Gasteiger partial charge in [0.25, 0.3) is 0 Å². The summed E-state index contributed by atoms with van der Waals surface area (Å²) in [6.45, 7) is 4.34. The fraction of sp³-hybridized carbons (Fsp3) is 0.500. The summed E-state index contributed by atoms with van der Waals surface area (Å²) in [4.78, 5) is 2.35. The quantitative estimate of drug-likeness (QED) is 0.796. The van der Waals surface area contributed by atoms with Crippen molar-refractivity contribution in [3.63, 3.8) is 0 Å². The number of anilines is 1. The van der Waals surface area contributed by atoms with Crippen molar-refractivity contribution in [2.24, 2.45) is 0 Å². The van der Waals surface area contributed by atoms with Crippen molar-refractivity contribution in [2.45, 2.75) is 25.9 Å². The molecule has 1 aromatic carbocycles. The van der Waals surface area contributed by atoms with Gasteiger partial charge in [0.2, 0.25) is 0 Å². The highest BCUT2D eigenvalue weighted by Gasteiger charge is 2.15. The lowest BCUT2D eigenvalue weighted by molar-refractivity contribution is 0.108. The number of hydrogen-bond donors (Lipinski definition) is 0. The van der Waals surface area contributed by atoms with Crippen molar-refractivity contribution in [2.75, 3.05) is 24.6 Å². The lowest BCUT2D eigenvalue weighted by Crippen LogP contribution is -2.33. The van der Waals surface area contributed by atoms with Gasteiger partial charge in [-0.15, -0.1) is 0 Å². The summed E-state index contributed by atoms with van der Waals surface area (Å²) in [6.07, 6.45) is 2.06. The van der Waals surface area contributed by atoms with E-state index in [4.69, 9.17) is 10.00 Å². The van der Waals surface area contributed by atoms with Crippen molar-refractivity contribution in [3.8, 4) is 6.07 Å². The van der Waals surface area contributed by atoms with Crippen LogP contribution in [0.25, 0.3) is 0 Å². The van der Waals surface area contributed by atoms with Gasteiger partial charge in [0.15, 0.2) is 0 Å². The molecule has 1 aromatic rings. The van der Waals surface area contributed by atoms with Crippen LogP contribution in [0.1, 0.15) is 18.9 Å². The fourth-order valence-electron chi connectivity index (χ4n) is 2.22. The summed E-state index contributed by atoms with van der Waals surface area (Å²) in [5.74, 6) is 0. The topological polar surface area (TPSA) is 36.3 Å². The molecule has 0 aliphatic carbocycles. The minimum absolute atomic E-state index is 0.310. The molecule has 1 unspecified atom stereocenters. The molecule has 0 saturated carbocycles. The van der Waals surface area contributed by atoms with Crippen LogP contribution in [0, 0.1) is 11.3 Å². The molecule has 0 N–H and O–H groups in total. The number of nitrogens with zero attached hydrogens (tertiary/aromatic N) is 2. The van der Waals surface area contributed by atoms with E-state index in [9.17, 15) is 0 Å². The van der Waals surface area contributed by atoms with Crippen LogP contribution in [0.15, 0.2) is 24.3 Å². The molecular formula is C14H18N2O. The number of nitriles is 1. The van der Waals surface area contributed by atoms with Crippen LogP contribution in [-0.4, -0.2) is 25.8 Å². The van der Waals surface area contributed by atoms with Gasteiger partial charge in [-0.2, -0.15) is 5.26 Å². The predicted octanol–water partition coefficient (Wildman–Crippen LogP) is 2.37. The molecule has 1 atom stereocenters. The van der Waals surface area contributed by atoms with E-state index in [1.54, 1.807) is 6.92 Å². The molecule has 0 spiro atoms. The van der Waals surface area contributed by atoms with Gasteiger partial charge < -0.3 is 9.64 Å².